The van der Waals surface area contributed by atoms with Crippen molar-refractivity contribution in [2.45, 2.75) is 23.3 Å². The normalized spacial score (nSPS) is 22.3. The third-order valence-electron chi connectivity index (χ3n) is 1.80. The molecule has 1 aliphatic heterocycles. The highest BCUT2D eigenvalue weighted by Crippen LogP contribution is 2.46. The molecule has 1 unspecified atom stereocenters. The molecular formula is C7H7F7OS. The molecule has 1 aliphatic rings. The highest BCUT2D eigenvalue weighted by molar-refractivity contribution is 8.06. The molecule has 16 heavy (non-hydrogen) atoms. The van der Waals surface area contributed by atoms with E-state index in [0.29, 0.717) is 5.75 Å². The lowest BCUT2D eigenvalue weighted by atomic mass is 10.2. The second-order valence-electron chi connectivity index (χ2n) is 3.25. The van der Waals surface area contributed by atoms with E-state index in [9.17, 15) is 30.7 Å². The third kappa shape index (κ3) is 2.93. The van der Waals surface area contributed by atoms with Crippen LogP contribution in [0.4, 0.5) is 30.7 Å². The highest BCUT2D eigenvalue weighted by Gasteiger charge is 2.73. The van der Waals surface area contributed by atoms with Crippen molar-refractivity contribution in [3.05, 3.63) is 0 Å². The smallest absolute Gasteiger partial charge is 0.374 e. The maximum atomic E-state index is 12.6. The van der Waals surface area contributed by atoms with Gasteiger partial charge in [-0.15, -0.1) is 0 Å². The minimum atomic E-state index is -6.28. The number of halogens is 7. The van der Waals surface area contributed by atoms with E-state index >= 15 is 0 Å². The zero-order chi connectivity index (χ0) is 12.6. The van der Waals surface area contributed by atoms with E-state index < -0.39 is 24.6 Å². The lowest BCUT2D eigenvalue weighted by Crippen LogP contribution is -2.54. The maximum absolute atomic E-state index is 12.6. The summed E-state index contributed by atoms with van der Waals surface area (Å²) in [6, 6.07) is 0. The van der Waals surface area contributed by atoms with Crippen LogP contribution in [0.15, 0.2) is 0 Å². The first-order valence-corrected chi connectivity index (χ1v) is 5.14. The summed E-state index contributed by atoms with van der Waals surface area (Å²) >= 11 is 1.35. The summed E-state index contributed by atoms with van der Waals surface area (Å²) in [7, 11) is 0. The summed E-state index contributed by atoms with van der Waals surface area (Å²) in [5, 5.41) is -0.0738. The lowest BCUT2D eigenvalue weighted by molar-refractivity contribution is -0.361. The number of thioether (sulfide) groups is 1. The van der Waals surface area contributed by atoms with Crippen LogP contribution >= 0.6 is 11.8 Å². The molecule has 1 rings (SSSR count). The topological polar surface area (TPSA) is 9.23 Å². The van der Waals surface area contributed by atoms with E-state index in [1.807, 2.05) is 0 Å². The SMILES string of the molecule is FC(F)(F)C(F)(F)C(F)(F)COCC1CS1. The van der Waals surface area contributed by atoms with E-state index in [0.717, 1.165) is 0 Å². The van der Waals surface area contributed by atoms with Gasteiger partial charge in [-0.2, -0.15) is 42.5 Å². The monoisotopic (exact) mass is 272 g/mol. The fraction of sp³-hybridized carbons (Fsp3) is 1.00. The summed E-state index contributed by atoms with van der Waals surface area (Å²) in [5.74, 6) is -10.7. The Hall–Kier alpha value is -0.180. The first kappa shape index (κ1) is 13.9. The number of rotatable bonds is 5. The fourth-order valence-electron chi connectivity index (χ4n) is 0.781. The third-order valence-corrected chi connectivity index (χ3v) is 2.75. The molecule has 0 aliphatic carbocycles. The van der Waals surface area contributed by atoms with Gasteiger partial charge in [0.15, 0.2) is 0 Å². The Kier molecular flexibility index (Phi) is 3.68. The van der Waals surface area contributed by atoms with Crippen molar-refractivity contribution in [3.8, 4) is 0 Å². The number of hydrogen-bond donors (Lipinski definition) is 0. The molecule has 1 saturated heterocycles. The number of alkyl halides is 7. The Morgan fingerprint density at radius 1 is 1.06 bits per heavy atom. The van der Waals surface area contributed by atoms with Gasteiger partial charge < -0.3 is 4.74 Å². The molecule has 0 aromatic heterocycles. The molecule has 96 valence electrons. The molecule has 0 aromatic carbocycles. The quantitative estimate of drug-likeness (QED) is 0.562. The molecular weight excluding hydrogens is 265 g/mol. The predicted molar refractivity (Wildman–Crippen MR) is 43.0 cm³/mol. The van der Waals surface area contributed by atoms with Crippen LogP contribution in [0, 0.1) is 0 Å². The van der Waals surface area contributed by atoms with Gasteiger partial charge in [0.05, 0.1) is 6.61 Å². The highest BCUT2D eigenvalue weighted by atomic mass is 32.2. The molecule has 1 fully saturated rings. The van der Waals surface area contributed by atoms with Crippen LogP contribution in [0.3, 0.4) is 0 Å². The Bertz CT molecular complexity index is 248. The molecule has 0 N–H and O–H groups in total. The molecule has 0 aromatic rings. The van der Waals surface area contributed by atoms with E-state index in [4.69, 9.17) is 0 Å². The van der Waals surface area contributed by atoms with Crippen LogP contribution in [0.5, 0.6) is 0 Å². The van der Waals surface area contributed by atoms with Crippen LogP contribution < -0.4 is 0 Å². The van der Waals surface area contributed by atoms with Crippen LogP contribution in [0.2, 0.25) is 0 Å². The minimum Gasteiger partial charge on any atom is -0.374 e. The maximum Gasteiger partial charge on any atom is 0.459 e. The molecule has 0 spiro atoms. The van der Waals surface area contributed by atoms with Gasteiger partial charge >= 0.3 is 18.0 Å². The van der Waals surface area contributed by atoms with Crippen molar-refractivity contribution < 1.29 is 35.5 Å². The van der Waals surface area contributed by atoms with E-state index in [1.54, 1.807) is 0 Å². The molecule has 9 heteroatoms. The van der Waals surface area contributed by atoms with Crippen LogP contribution in [0.1, 0.15) is 0 Å². The molecule has 0 amide bonds. The Morgan fingerprint density at radius 3 is 1.94 bits per heavy atom. The van der Waals surface area contributed by atoms with Crippen molar-refractivity contribution >= 4 is 11.8 Å². The second kappa shape index (κ2) is 4.25. The first-order valence-electron chi connectivity index (χ1n) is 4.09. The number of ether oxygens (including phenoxy) is 1. The van der Waals surface area contributed by atoms with Crippen LogP contribution in [-0.4, -0.2) is 42.2 Å². The van der Waals surface area contributed by atoms with Crippen molar-refractivity contribution in [1.82, 2.24) is 0 Å². The van der Waals surface area contributed by atoms with Crippen molar-refractivity contribution in [2.75, 3.05) is 19.0 Å². The van der Waals surface area contributed by atoms with Crippen molar-refractivity contribution in [3.63, 3.8) is 0 Å². The zero-order valence-electron chi connectivity index (χ0n) is 7.66. The van der Waals surface area contributed by atoms with Gasteiger partial charge in [-0.3, -0.25) is 0 Å². The average Bonchev–Trinajstić information content (AvgIpc) is 2.85. The summed E-state index contributed by atoms with van der Waals surface area (Å²) < 4.78 is 88.8. The van der Waals surface area contributed by atoms with Gasteiger partial charge in [0.1, 0.15) is 6.61 Å². The van der Waals surface area contributed by atoms with Gasteiger partial charge in [0.25, 0.3) is 0 Å². The number of hydrogen-bond acceptors (Lipinski definition) is 2. The van der Waals surface area contributed by atoms with Crippen molar-refractivity contribution in [2.24, 2.45) is 0 Å². The van der Waals surface area contributed by atoms with Gasteiger partial charge in [-0.1, -0.05) is 0 Å². The summed E-state index contributed by atoms with van der Waals surface area (Å²) in [5.41, 5.74) is 0. The van der Waals surface area contributed by atoms with Crippen LogP contribution in [0.25, 0.3) is 0 Å². The summed E-state index contributed by atoms with van der Waals surface area (Å²) in [6.45, 7) is -2.18. The Labute approximate surface area is 90.3 Å². The standard InChI is InChI=1S/C7H7F7OS/c8-5(9,3-15-1-4-2-16-4)6(10,11)7(12,13)14/h4H,1-3H2. The van der Waals surface area contributed by atoms with Crippen LogP contribution in [-0.2, 0) is 4.74 Å². The van der Waals surface area contributed by atoms with Gasteiger partial charge in [0, 0.05) is 11.0 Å². The average molecular weight is 272 g/mol. The largest absolute Gasteiger partial charge is 0.459 e. The molecule has 1 nitrogen and oxygen atoms in total. The Morgan fingerprint density at radius 2 is 1.56 bits per heavy atom. The second-order valence-corrected chi connectivity index (χ2v) is 4.58. The Balaban J connectivity index is 2.52. The summed E-state index contributed by atoms with van der Waals surface area (Å²) in [4.78, 5) is 0. The zero-order valence-corrected chi connectivity index (χ0v) is 8.48. The van der Waals surface area contributed by atoms with E-state index in [2.05, 4.69) is 4.74 Å². The lowest BCUT2D eigenvalue weighted by Gasteiger charge is -2.27. The first-order chi connectivity index (χ1) is 7.08. The molecule has 0 bridgehead atoms. The fourth-order valence-corrected chi connectivity index (χ4v) is 1.21. The minimum absolute atomic E-state index is 0.0738. The summed E-state index contributed by atoms with van der Waals surface area (Å²) in [6.07, 6.45) is -6.28. The molecule has 0 saturated carbocycles. The molecule has 0 radical (unpaired) electrons. The van der Waals surface area contributed by atoms with Gasteiger partial charge in [0.2, 0.25) is 0 Å². The van der Waals surface area contributed by atoms with E-state index in [1.165, 1.54) is 11.8 Å². The molecule has 1 heterocycles. The predicted octanol–water partition coefficient (Wildman–Crippen LogP) is 2.95. The molecule has 1 atom stereocenters. The van der Waals surface area contributed by atoms with Gasteiger partial charge in [-0.25, -0.2) is 0 Å². The van der Waals surface area contributed by atoms with E-state index in [-0.39, 0.29) is 11.9 Å². The van der Waals surface area contributed by atoms with Gasteiger partial charge in [-0.05, 0) is 0 Å². The van der Waals surface area contributed by atoms with Crippen molar-refractivity contribution in [1.29, 1.82) is 0 Å².